The van der Waals surface area contributed by atoms with Gasteiger partial charge in [0.25, 0.3) is 0 Å². The minimum atomic E-state index is -1.10. The van der Waals surface area contributed by atoms with Crippen LogP contribution in [0.2, 0.25) is 0 Å². The van der Waals surface area contributed by atoms with E-state index < -0.39 is 5.97 Å². The molecule has 27 heavy (non-hydrogen) atoms. The zero-order valence-corrected chi connectivity index (χ0v) is 15.4. The molecule has 0 saturated carbocycles. The number of hydrogen-bond donors (Lipinski definition) is 2. The smallest absolute Gasteiger partial charge is 0.337 e. The molecule has 0 fully saturated rings. The summed E-state index contributed by atoms with van der Waals surface area (Å²) >= 11 is 0. The summed E-state index contributed by atoms with van der Waals surface area (Å²) in [5, 5.41) is 11.9. The van der Waals surface area contributed by atoms with Crippen LogP contribution in [0.1, 0.15) is 63.1 Å². The van der Waals surface area contributed by atoms with Crippen LogP contribution in [0.5, 0.6) is 0 Å². The molecule has 2 aromatic rings. The summed E-state index contributed by atoms with van der Waals surface area (Å²) in [4.78, 5) is 35.9. The fourth-order valence-corrected chi connectivity index (χ4v) is 3.44. The maximum atomic E-state index is 12.4. The first-order chi connectivity index (χ1) is 12.9. The molecule has 2 aromatic carbocycles. The molecule has 0 atom stereocenters. The van der Waals surface area contributed by atoms with E-state index in [0.717, 1.165) is 24.8 Å². The summed E-state index contributed by atoms with van der Waals surface area (Å²) < 4.78 is 0. The lowest BCUT2D eigenvalue weighted by atomic mass is 9.89. The number of hydrogen-bond acceptors (Lipinski definition) is 3. The van der Waals surface area contributed by atoms with E-state index in [-0.39, 0.29) is 35.8 Å². The van der Waals surface area contributed by atoms with Gasteiger partial charge in [-0.2, -0.15) is 0 Å². The molecule has 1 aliphatic carbocycles. The van der Waals surface area contributed by atoms with Gasteiger partial charge in [0, 0.05) is 18.4 Å². The van der Waals surface area contributed by atoms with Crippen molar-refractivity contribution in [3.63, 3.8) is 0 Å². The van der Waals surface area contributed by atoms with E-state index in [2.05, 4.69) is 5.32 Å². The predicted molar refractivity (Wildman–Crippen MR) is 103 cm³/mol. The lowest BCUT2D eigenvalue weighted by Crippen LogP contribution is -2.16. The Morgan fingerprint density at radius 2 is 1.70 bits per heavy atom. The van der Waals surface area contributed by atoms with Gasteiger partial charge in [-0.25, -0.2) is 4.79 Å². The maximum absolute atomic E-state index is 12.4. The van der Waals surface area contributed by atoms with Crippen LogP contribution in [0.4, 0.5) is 5.69 Å². The first-order valence-corrected chi connectivity index (χ1v) is 9.23. The van der Waals surface area contributed by atoms with Crippen molar-refractivity contribution in [2.75, 3.05) is 5.32 Å². The average molecular weight is 365 g/mol. The average Bonchev–Trinajstić information content (AvgIpc) is 2.67. The van der Waals surface area contributed by atoms with Crippen LogP contribution in [0.15, 0.2) is 36.4 Å². The summed E-state index contributed by atoms with van der Waals surface area (Å²) in [7, 11) is 0. The summed E-state index contributed by atoms with van der Waals surface area (Å²) in [6.45, 7) is 1.79. The number of Topliss-reactive ketones (excluding diaryl/α,β-unsaturated/α-hetero) is 1. The third-order valence-electron chi connectivity index (χ3n) is 4.93. The van der Waals surface area contributed by atoms with Gasteiger partial charge in [-0.05, 0) is 61.9 Å². The Morgan fingerprint density at radius 3 is 2.44 bits per heavy atom. The number of nitrogens with one attached hydrogen (secondary N) is 1. The number of amides is 1. The summed E-state index contributed by atoms with van der Waals surface area (Å²) in [6, 6.07) is 10.6. The monoisotopic (exact) mass is 365 g/mol. The highest BCUT2D eigenvalue weighted by atomic mass is 16.4. The molecule has 5 heteroatoms. The molecule has 0 spiro atoms. The first kappa shape index (κ1) is 18.8. The number of aryl methyl sites for hydroxylation is 3. The van der Waals surface area contributed by atoms with Gasteiger partial charge in [-0.15, -0.1) is 0 Å². The van der Waals surface area contributed by atoms with Crippen molar-refractivity contribution >= 4 is 23.3 Å². The second-order valence-corrected chi connectivity index (χ2v) is 7.02. The molecule has 3 rings (SSSR count). The minimum absolute atomic E-state index is 0.0167. The summed E-state index contributed by atoms with van der Waals surface area (Å²) in [6.07, 6.45) is 4.52. The molecular formula is C22H23NO4. The van der Waals surface area contributed by atoms with Gasteiger partial charge < -0.3 is 10.4 Å². The van der Waals surface area contributed by atoms with Gasteiger partial charge in [0.1, 0.15) is 0 Å². The second kappa shape index (κ2) is 8.16. The highest BCUT2D eigenvalue weighted by Gasteiger charge is 2.16. The van der Waals surface area contributed by atoms with Crippen LogP contribution >= 0.6 is 0 Å². The summed E-state index contributed by atoms with van der Waals surface area (Å²) in [5.41, 5.74) is 4.29. The quantitative estimate of drug-likeness (QED) is 0.753. The Morgan fingerprint density at radius 1 is 0.963 bits per heavy atom. The van der Waals surface area contributed by atoms with E-state index in [1.165, 1.54) is 23.6 Å². The van der Waals surface area contributed by atoms with Crippen LogP contribution in [0.25, 0.3) is 0 Å². The molecule has 140 valence electrons. The Bertz CT molecular complexity index is 901. The zero-order chi connectivity index (χ0) is 19.4. The van der Waals surface area contributed by atoms with Gasteiger partial charge in [-0.1, -0.05) is 23.8 Å². The largest absolute Gasteiger partial charge is 0.478 e. The molecule has 0 unspecified atom stereocenters. The van der Waals surface area contributed by atoms with Crippen LogP contribution in [0, 0.1) is 6.92 Å². The number of ketones is 1. The minimum Gasteiger partial charge on any atom is -0.478 e. The van der Waals surface area contributed by atoms with Crippen molar-refractivity contribution in [3.8, 4) is 0 Å². The number of anilines is 1. The van der Waals surface area contributed by atoms with Crippen molar-refractivity contribution < 1.29 is 19.5 Å². The van der Waals surface area contributed by atoms with Gasteiger partial charge >= 0.3 is 5.97 Å². The van der Waals surface area contributed by atoms with Gasteiger partial charge in [0.2, 0.25) is 5.91 Å². The molecule has 1 amide bonds. The van der Waals surface area contributed by atoms with Gasteiger partial charge in [-0.3, -0.25) is 9.59 Å². The van der Waals surface area contributed by atoms with E-state index >= 15 is 0 Å². The molecule has 2 N–H and O–H groups in total. The lowest BCUT2D eigenvalue weighted by molar-refractivity contribution is -0.116. The Hall–Kier alpha value is -2.95. The number of carboxylic acids is 1. The highest BCUT2D eigenvalue weighted by Crippen LogP contribution is 2.23. The van der Waals surface area contributed by atoms with Gasteiger partial charge in [0.15, 0.2) is 5.78 Å². The van der Waals surface area contributed by atoms with Crippen LogP contribution in [-0.4, -0.2) is 22.8 Å². The number of carbonyl (C=O) groups is 3. The van der Waals surface area contributed by atoms with E-state index in [1.54, 1.807) is 19.1 Å². The number of carboxylic acid groups (broad SMARTS) is 1. The number of rotatable bonds is 6. The molecule has 5 nitrogen and oxygen atoms in total. The summed E-state index contributed by atoms with van der Waals surface area (Å²) in [5.74, 6) is -1.53. The van der Waals surface area contributed by atoms with Crippen LogP contribution < -0.4 is 5.32 Å². The normalized spacial score (nSPS) is 12.9. The van der Waals surface area contributed by atoms with E-state index in [1.807, 2.05) is 18.2 Å². The Kier molecular flexibility index (Phi) is 5.69. The van der Waals surface area contributed by atoms with E-state index in [9.17, 15) is 19.5 Å². The first-order valence-electron chi connectivity index (χ1n) is 9.23. The molecule has 0 aliphatic heterocycles. The maximum Gasteiger partial charge on any atom is 0.337 e. The molecule has 0 radical (unpaired) electrons. The van der Waals surface area contributed by atoms with E-state index in [0.29, 0.717) is 5.56 Å². The number of benzene rings is 2. The van der Waals surface area contributed by atoms with Crippen molar-refractivity contribution in [1.29, 1.82) is 0 Å². The number of carbonyl (C=O) groups excluding carboxylic acids is 2. The Balaban J connectivity index is 1.61. The highest BCUT2D eigenvalue weighted by molar-refractivity contribution is 6.03. The van der Waals surface area contributed by atoms with E-state index in [4.69, 9.17) is 0 Å². The number of fused-ring (bicyclic) bond motifs is 1. The van der Waals surface area contributed by atoms with Crippen molar-refractivity contribution in [2.24, 2.45) is 0 Å². The molecular weight excluding hydrogens is 342 g/mol. The lowest BCUT2D eigenvalue weighted by Gasteiger charge is -2.16. The predicted octanol–water partition coefficient (Wildman–Crippen LogP) is 4.17. The third kappa shape index (κ3) is 4.61. The topological polar surface area (TPSA) is 83.5 Å². The molecule has 0 bridgehead atoms. The van der Waals surface area contributed by atoms with Gasteiger partial charge in [0.05, 0.1) is 11.3 Å². The third-order valence-corrected chi connectivity index (χ3v) is 4.93. The van der Waals surface area contributed by atoms with Crippen molar-refractivity contribution in [3.05, 3.63) is 64.2 Å². The van der Waals surface area contributed by atoms with Crippen molar-refractivity contribution in [1.82, 2.24) is 0 Å². The Labute approximate surface area is 158 Å². The molecule has 0 aromatic heterocycles. The standard InChI is InChI=1S/C22H23NO4/c1-14-6-9-19(18(12-14)22(26)27)23-21(25)11-10-20(24)17-8-7-15-4-2-3-5-16(15)13-17/h6-9,12-13H,2-5,10-11H2,1H3,(H,23,25)(H,26,27). The molecule has 1 aliphatic rings. The zero-order valence-electron chi connectivity index (χ0n) is 15.4. The fourth-order valence-electron chi connectivity index (χ4n) is 3.44. The van der Waals surface area contributed by atoms with Crippen LogP contribution in [0.3, 0.4) is 0 Å². The molecule has 0 heterocycles. The SMILES string of the molecule is Cc1ccc(NC(=O)CCC(=O)c2ccc3c(c2)CCCC3)c(C(=O)O)c1. The molecule has 0 saturated heterocycles. The fraction of sp³-hybridized carbons (Fsp3) is 0.318. The second-order valence-electron chi connectivity index (χ2n) is 7.02. The number of aromatic carboxylic acids is 1. The van der Waals surface area contributed by atoms with Crippen LogP contribution in [-0.2, 0) is 17.6 Å². The van der Waals surface area contributed by atoms with Crippen molar-refractivity contribution in [2.45, 2.75) is 45.4 Å².